The Balaban J connectivity index is 1.15. The summed E-state index contributed by atoms with van der Waals surface area (Å²) in [4.78, 5) is 0. The van der Waals surface area contributed by atoms with Crippen LogP contribution < -0.4 is 4.74 Å². The van der Waals surface area contributed by atoms with Crippen LogP contribution in [0.5, 0.6) is 5.75 Å². The van der Waals surface area contributed by atoms with Gasteiger partial charge in [0.2, 0.25) is 0 Å². The fourth-order valence-corrected chi connectivity index (χ4v) is 10.4. The van der Waals surface area contributed by atoms with Gasteiger partial charge in [-0.05, 0) is 91.5 Å². The molecule has 0 spiro atoms. The topological polar surface area (TPSA) is 19.1 Å². The summed E-state index contributed by atoms with van der Waals surface area (Å²) in [5.74, 6) is 1.04. The van der Waals surface area contributed by atoms with E-state index in [4.69, 9.17) is 4.74 Å². The van der Waals surface area contributed by atoms with Crippen molar-refractivity contribution >= 4 is 89.6 Å². The minimum Gasteiger partial charge on any atom is -0.449 e. The summed E-state index contributed by atoms with van der Waals surface area (Å²) < 4.78 is 14.0. The lowest BCUT2D eigenvalue weighted by molar-refractivity contribution is 0.574. The first kappa shape index (κ1) is 27.3. The van der Waals surface area contributed by atoms with Gasteiger partial charge in [0.05, 0.1) is 25.6 Å². The predicted octanol–water partition coefficient (Wildman–Crippen LogP) is 11.9. The van der Waals surface area contributed by atoms with Gasteiger partial charge in [-0.3, -0.25) is 0 Å². The Labute approximate surface area is 291 Å². The Bertz CT molecular complexity index is 3010. The third-order valence-corrected chi connectivity index (χ3v) is 12.8. The largest absolute Gasteiger partial charge is 0.449 e. The highest BCUT2D eigenvalue weighted by atomic mass is 127. The Morgan fingerprint density at radius 1 is 0.408 bits per heavy atom. The van der Waals surface area contributed by atoms with Gasteiger partial charge in [-0.2, -0.15) is 0 Å². The molecule has 8 aromatic carbocycles. The predicted molar refractivity (Wildman–Crippen MR) is 214 cm³/mol. The van der Waals surface area contributed by atoms with Gasteiger partial charge in [-0.1, -0.05) is 109 Å². The SMILES string of the molecule is c1ccc(C2=Ic3ccc4ccc5cc(-n6c7ccccc7c7cc8c9ccccc9n(-c9ccccc9)c8cc76)ccc5c4c3O2)cc1. The first-order chi connectivity index (χ1) is 24.3. The van der Waals surface area contributed by atoms with Gasteiger partial charge in [-0.15, -0.1) is 0 Å². The van der Waals surface area contributed by atoms with Gasteiger partial charge < -0.3 is 13.9 Å². The zero-order valence-corrected chi connectivity index (χ0v) is 28.4. The highest BCUT2D eigenvalue weighted by Gasteiger charge is 2.22. The number of para-hydroxylation sites is 3. The monoisotopic (exact) mass is 738 g/mol. The molecular formula is C45H27IN2O. The van der Waals surface area contributed by atoms with Gasteiger partial charge >= 0.3 is 0 Å². The van der Waals surface area contributed by atoms with E-state index in [0.717, 1.165) is 20.8 Å². The maximum absolute atomic E-state index is 6.70. The van der Waals surface area contributed by atoms with Gasteiger partial charge in [0.15, 0.2) is 3.69 Å². The minimum absolute atomic E-state index is 0.386. The van der Waals surface area contributed by atoms with Crippen LogP contribution in [-0.4, -0.2) is 12.8 Å². The highest BCUT2D eigenvalue weighted by Crippen LogP contribution is 2.44. The zero-order chi connectivity index (χ0) is 32.1. The fourth-order valence-electron chi connectivity index (χ4n) is 7.85. The molecule has 11 rings (SSSR count). The van der Waals surface area contributed by atoms with Gasteiger partial charge in [-0.25, -0.2) is 0 Å². The summed E-state index contributed by atoms with van der Waals surface area (Å²) in [6.07, 6.45) is 0. The molecule has 3 heterocycles. The molecule has 4 heteroatoms. The first-order valence-corrected chi connectivity index (χ1v) is 18.7. The molecule has 230 valence electrons. The number of nitrogens with zero attached hydrogens (tertiary/aromatic N) is 2. The number of ether oxygens (including phenoxy) is 1. The van der Waals surface area contributed by atoms with Crippen LogP contribution in [-0.2, 0) is 0 Å². The number of rotatable bonds is 3. The average molecular weight is 739 g/mol. The molecular weight excluding hydrogens is 711 g/mol. The Morgan fingerprint density at radius 2 is 1.02 bits per heavy atom. The van der Waals surface area contributed by atoms with Crippen molar-refractivity contribution in [3.63, 3.8) is 0 Å². The second-order valence-electron chi connectivity index (χ2n) is 12.7. The van der Waals surface area contributed by atoms with Crippen LogP contribution in [0, 0.1) is 3.57 Å². The summed E-state index contributed by atoms with van der Waals surface area (Å²) in [5.41, 5.74) is 8.33. The highest BCUT2D eigenvalue weighted by molar-refractivity contribution is 14.2. The maximum Gasteiger partial charge on any atom is 0.166 e. The van der Waals surface area contributed by atoms with E-state index in [9.17, 15) is 0 Å². The quantitative estimate of drug-likeness (QED) is 0.130. The van der Waals surface area contributed by atoms with E-state index in [-0.39, 0.29) is 20.7 Å². The van der Waals surface area contributed by atoms with Crippen molar-refractivity contribution in [1.29, 1.82) is 0 Å². The summed E-state index contributed by atoms with van der Waals surface area (Å²) in [6, 6.07) is 59.6. The lowest BCUT2D eigenvalue weighted by Crippen LogP contribution is -2.04. The molecule has 0 radical (unpaired) electrons. The molecule has 0 fully saturated rings. The smallest absolute Gasteiger partial charge is 0.166 e. The molecule has 0 saturated carbocycles. The van der Waals surface area contributed by atoms with Gasteiger partial charge in [0, 0.05) is 43.9 Å². The van der Waals surface area contributed by atoms with Crippen molar-refractivity contribution in [2.24, 2.45) is 0 Å². The summed E-state index contributed by atoms with van der Waals surface area (Å²) in [7, 11) is 0. The van der Waals surface area contributed by atoms with Crippen LogP contribution in [0.1, 0.15) is 5.56 Å². The summed E-state index contributed by atoms with van der Waals surface area (Å²) in [6.45, 7) is 0. The molecule has 0 unspecified atom stereocenters. The van der Waals surface area contributed by atoms with Crippen molar-refractivity contribution in [2.45, 2.75) is 0 Å². The van der Waals surface area contributed by atoms with Crippen molar-refractivity contribution < 1.29 is 4.74 Å². The molecule has 1 aliphatic heterocycles. The second-order valence-corrected chi connectivity index (χ2v) is 15.4. The summed E-state index contributed by atoms with van der Waals surface area (Å²) in [5, 5.41) is 9.91. The van der Waals surface area contributed by atoms with Crippen LogP contribution in [0.2, 0.25) is 0 Å². The molecule has 0 atom stereocenters. The molecule has 0 amide bonds. The standard InChI is InChI=1S/C45H27IN2O/c1-3-11-29(12-4-1)45-46-38-24-21-28-19-20-30-25-32(22-23-33(30)43(28)44(38)49-45)48-40-18-10-8-16-35(40)37-26-36-34-15-7-9-17-39(34)47(41(36)27-42(37)48)31-13-5-2-6-14-31/h1-27H. The van der Waals surface area contributed by atoms with Crippen LogP contribution in [0.15, 0.2) is 164 Å². The second kappa shape index (κ2) is 10.4. The number of benzene rings is 8. The molecule has 3 nitrogen and oxygen atoms in total. The van der Waals surface area contributed by atoms with Crippen molar-refractivity contribution in [3.05, 3.63) is 173 Å². The maximum atomic E-state index is 6.70. The third kappa shape index (κ3) is 3.98. The molecule has 0 N–H and O–H groups in total. The minimum atomic E-state index is -0.386. The third-order valence-electron chi connectivity index (χ3n) is 10.0. The molecule has 0 saturated heterocycles. The number of aromatic nitrogens is 2. The zero-order valence-electron chi connectivity index (χ0n) is 26.3. The van der Waals surface area contributed by atoms with E-state index in [1.54, 1.807) is 0 Å². The van der Waals surface area contributed by atoms with E-state index in [2.05, 4.69) is 173 Å². The lowest BCUT2D eigenvalue weighted by atomic mass is 10.0. The molecule has 10 aromatic rings. The van der Waals surface area contributed by atoms with Crippen molar-refractivity contribution in [1.82, 2.24) is 9.13 Å². The van der Waals surface area contributed by atoms with Crippen molar-refractivity contribution in [2.75, 3.05) is 0 Å². The lowest BCUT2D eigenvalue weighted by Gasteiger charge is -2.13. The van der Waals surface area contributed by atoms with E-state index >= 15 is 0 Å². The van der Waals surface area contributed by atoms with Crippen LogP contribution in [0.3, 0.4) is 0 Å². The Morgan fingerprint density at radius 3 is 1.76 bits per heavy atom. The van der Waals surface area contributed by atoms with Gasteiger partial charge in [0.25, 0.3) is 0 Å². The molecule has 49 heavy (non-hydrogen) atoms. The van der Waals surface area contributed by atoms with Crippen molar-refractivity contribution in [3.8, 4) is 17.1 Å². The molecule has 1 aliphatic rings. The molecule has 2 aromatic heterocycles. The molecule has 0 bridgehead atoms. The van der Waals surface area contributed by atoms with Crippen LogP contribution >= 0.6 is 20.7 Å². The van der Waals surface area contributed by atoms with E-state index in [1.165, 1.54) is 74.3 Å². The van der Waals surface area contributed by atoms with E-state index in [1.807, 2.05) is 0 Å². The Hall–Kier alpha value is -5.72. The number of fused-ring (bicyclic) bond motifs is 11. The normalized spacial score (nSPS) is 12.9. The fraction of sp³-hybridized carbons (Fsp3) is 0. The van der Waals surface area contributed by atoms with E-state index < -0.39 is 0 Å². The number of halogens is 1. The molecule has 0 aliphatic carbocycles. The number of hydrogen-bond acceptors (Lipinski definition) is 1. The van der Waals surface area contributed by atoms with Crippen LogP contribution in [0.25, 0.3) is 76.5 Å². The number of hydrogen-bond donors (Lipinski definition) is 0. The van der Waals surface area contributed by atoms with Gasteiger partial charge in [0.1, 0.15) is 5.75 Å². The first-order valence-electron chi connectivity index (χ1n) is 16.6. The summed E-state index contributed by atoms with van der Waals surface area (Å²) >= 11 is -0.386. The average Bonchev–Trinajstić information content (AvgIpc) is 3.84. The van der Waals surface area contributed by atoms with E-state index in [0.29, 0.717) is 0 Å². The van der Waals surface area contributed by atoms with Crippen LogP contribution in [0.4, 0.5) is 0 Å². The Kier molecular flexibility index (Phi) is 5.78.